The van der Waals surface area contributed by atoms with Gasteiger partial charge in [0.1, 0.15) is 37.0 Å². The highest BCUT2D eigenvalue weighted by Gasteiger charge is 2.68. The lowest BCUT2D eigenvalue weighted by molar-refractivity contribution is -0.261. The summed E-state index contributed by atoms with van der Waals surface area (Å²) in [5.41, 5.74) is -2.24. The molecular weight excluding hydrogens is 1510 g/mol. The highest BCUT2D eigenvalue weighted by atomic mass is 16.7. The van der Waals surface area contributed by atoms with E-state index >= 15 is 0 Å². The fourth-order valence-electron chi connectivity index (χ4n) is 25.5. The Morgan fingerprint density at radius 2 is 0.763 bits per heavy atom. The summed E-state index contributed by atoms with van der Waals surface area (Å²) in [7, 11) is 0. The summed E-state index contributed by atoms with van der Waals surface area (Å²) in [4.78, 5) is 94.9. The molecule has 22 nitrogen and oxygen atoms in total. The van der Waals surface area contributed by atoms with Gasteiger partial charge in [0.2, 0.25) is 0 Å². The zero-order chi connectivity index (χ0) is 83.4. The molecule has 0 radical (unpaired) electrons. The van der Waals surface area contributed by atoms with E-state index in [1.165, 1.54) is 77.0 Å². The largest absolute Gasteiger partial charge is 0.465 e. The van der Waals surface area contributed by atoms with Crippen LogP contribution < -0.4 is 0 Å². The molecule has 19 atom stereocenters. The molecule has 22 rings (SSSR count). The smallest absolute Gasteiger partial charge is 0.312 e. The average Bonchev–Trinajstić information content (AvgIpc) is 1.71. The summed E-state index contributed by atoms with van der Waals surface area (Å²) < 4.78 is 80.8. The third kappa shape index (κ3) is 18.6. The van der Waals surface area contributed by atoms with Crippen LogP contribution in [0.2, 0.25) is 0 Å². The second-order valence-electron chi connectivity index (χ2n) is 44.4. The maximum atomic E-state index is 13.0. The number of ether oxygens (including phenoxy) is 14. The molecule has 0 N–H and O–H groups in total. The first kappa shape index (κ1) is 92.7. The molecule has 8 aliphatic heterocycles. The van der Waals surface area contributed by atoms with Gasteiger partial charge in [-0.1, -0.05) is 69.7 Å². The van der Waals surface area contributed by atoms with Crippen LogP contribution in [0.25, 0.3) is 0 Å². The molecular formula is C96H154O22. The summed E-state index contributed by atoms with van der Waals surface area (Å²) in [6.45, 7) is 37.7. The van der Waals surface area contributed by atoms with Crippen LogP contribution in [-0.4, -0.2) is 159 Å². The molecule has 0 aromatic rings. The van der Waals surface area contributed by atoms with Crippen molar-refractivity contribution >= 4 is 47.8 Å². The van der Waals surface area contributed by atoms with Gasteiger partial charge in [-0.2, -0.15) is 0 Å². The van der Waals surface area contributed by atoms with Crippen LogP contribution in [0, 0.1) is 108 Å². The lowest BCUT2D eigenvalue weighted by Crippen LogP contribution is -2.62. The topological polar surface area (TPSA) is 266 Å². The van der Waals surface area contributed by atoms with Crippen LogP contribution in [0.3, 0.4) is 0 Å². The van der Waals surface area contributed by atoms with Crippen molar-refractivity contribution in [2.45, 2.75) is 409 Å². The number of cyclic esters (lactones) is 2. The Morgan fingerprint density at radius 1 is 0.407 bits per heavy atom. The van der Waals surface area contributed by atoms with E-state index in [2.05, 4.69) is 20.8 Å². The molecule has 670 valence electrons. The van der Waals surface area contributed by atoms with Gasteiger partial charge in [0.05, 0.1) is 94.2 Å². The minimum absolute atomic E-state index is 0. The maximum Gasteiger partial charge on any atom is 0.312 e. The fourth-order valence-corrected chi connectivity index (χ4v) is 25.5. The fraction of sp³-hybridized carbons (Fsp3) is 0.917. The molecule has 0 amide bonds. The minimum Gasteiger partial charge on any atom is -0.465 e. The second kappa shape index (κ2) is 34.8. The van der Waals surface area contributed by atoms with Gasteiger partial charge in [-0.3, -0.25) is 38.4 Å². The van der Waals surface area contributed by atoms with Crippen molar-refractivity contribution in [2.24, 2.45) is 108 Å². The highest BCUT2D eigenvalue weighted by molar-refractivity contribution is 5.81. The first-order chi connectivity index (χ1) is 54.6. The quantitative estimate of drug-likeness (QED) is 0.0376. The maximum absolute atomic E-state index is 13.0. The zero-order valence-electron chi connectivity index (χ0n) is 73.8. The molecule has 8 heterocycles. The van der Waals surface area contributed by atoms with Gasteiger partial charge < -0.3 is 66.3 Å². The Kier molecular flexibility index (Phi) is 27.3. The molecule has 14 aliphatic carbocycles. The van der Waals surface area contributed by atoms with Gasteiger partial charge >= 0.3 is 47.8 Å². The normalized spacial score (nSPS) is 42.8. The number of rotatable bonds is 24. The lowest BCUT2D eigenvalue weighted by atomic mass is 9.50. The zero-order valence-corrected chi connectivity index (χ0v) is 73.8. The monoisotopic (exact) mass is 1660 g/mol. The molecule has 14 saturated carbocycles. The number of fused-ring (bicyclic) bond motifs is 4. The van der Waals surface area contributed by atoms with Crippen LogP contribution >= 0.6 is 0 Å². The van der Waals surface area contributed by atoms with Crippen molar-refractivity contribution in [2.75, 3.05) is 40.0 Å². The van der Waals surface area contributed by atoms with E-state index in [0.29, 0.717) is 87.0 Å². The van der Waals surface area contributed by atoms with Gasteiger partial charge in [0.25, 0.3) is 0 Å². The standard InChI is InChI=1S/C28H44O4.C26H42O4.2C13H18O5.2C7H12O2.2CH4/c1-4-25(2,3)24(29)32-28-14-22-8-23(15-28)13-27(12-22,16-28)31-18-30-17-26-9-19-5-20(10-26)7-21(6-19)11-26;1-5-23(2,3)22(27)30-26-13-19-8-20(14-26)12-25(11-19,15-26)29-17-28-16-24(4)10-18-6-7-21(24)9-18;2*1-4-13(2,3)12(15)18-9-7-5-6-8(16-7)10(9)17-11(6)14;2*1-3-7(2)4-5-9-6(7)8;;/h19-23H,4-18H2,1-3H3;18-21H,5-17H2,1-4H3;2*6-10H,4-5H2,1-3H3;2*3-5H2,1-2H3;2*1H4. The van der Waals surface area contributed by atoms with Gasteiger partial charge in [0.15, 0.2) is 24.4 Å². The summed E-state index contributed by atoms with van der Waals surface area (Å²) in [6.07, 6.45) is 32.6. The third-order valence-electron chi connectivity index (χ3n) is 33.8. The number of hydrogen-bond donors (Lipinski definition) is 0. The first-order valence-corrected chi connectivity index (χ1v) is 46.0. The number of esters is 8. The second-order valence-corrected chi connectivity index (χ2v) is 44.4. The Hall–Kier alpha value is -4.48. The number of carbonyl (C=O) groups excluding carboxylic acids is 8. The van der Waals surface area contributed by atoms with E-state index in [-0.39, 0.29) is 132 Å². The lowest BCUT2D eigenvalue weighted by Gasteiger charge is -2.61. The van der Waals surface area contributed by atoms with Gasteiger partial charge in [-0.25, -0.2) is 0 Å². The van der Waals surface area contributed by atoms with Crippen LogP contribution in [0.15, 0.2) is 0 Å². The third-order valence-corrected chi connectivity index (χ3v) is 33.8. The summed E-state index contributed by atoms with van der Waals surface area (Å²) in [5.74, 6) is 5.95. The average molecular weight is 1660 g/mol. The molecule has 22 fully saturated rings. The van der Waals surface area contributed by atoms with Crippen LogP contribution in [-0.2, 0) is 105 Å². The molecule has 18 bridgehead atoms. The van der Waals surface area contributed by atoms with Crippen molar-refractivity contribution in [3.05, 3.63) is 0 Å². The van der Waals surface area contributed by atoms with E-state index in [1.807, 2.05) is 96.9 Å². The van der Waals surface area contributed by atoms with Gasteiger partial charge in [-0.05, 0) is 320 Å². The van der Waals surface area contributed by atoms with Crippen LogP contribution in [0.1, 0.15) is 338 Å². The molecule has 0 aromatic carbocycles. The van der Waals surface area contributed by atoms with E-state index < -0.39 is 46.1 Å². The molecule has 22 aliphatic rings. The SMILES string of the molecule is C.C.CCC(C)(C)C(=O)OC12CC3CC(CC(OCOCC4(C)CC5CCC4C5)(C3)C1)C2.CCC(C)(C)C(=O)OC12CC3CC(CC(OCOCC45CC6CC(CC(C6)C4)C5)(C3)C1)C2.CCC(C)(C)C(=O)OC1C2CC3C(=O)OC1C3O2.CCC(C)(C)C(=O)OC1C2CC3C(=O)OC1C3O2.CCC1(C)CCOC1=O.CCC1(C)CCOC1=O. The number of carbonyl (C=O) groups is 8. The Balaban J connectivity index is 0.000000137. The van der Waals surface area contributed by atoms with E-state index in [9.17, 15) is 38.4 Å². The Labute approximate surface area is 706 Å². The van der Waals surface area contributed by atoms with Crippen molar-refractivity contribution in [3.8, 4) is 0 Å². The summed E-state index contributed by atoms with van der Waals surface area (Å²) >= 11 is 0. The first-order valence-electron chi connectivity index (χ1n) is 46.0. The molecule has 19 unspecified atom stereocenters. The van der Waals surface area contributed by atoms with Crippen molar-refractivity contribution in [3.63, 3.8) is 0 Å². The molecule has 22 heteroatoms. The molecule has 118 heavy (non-hydrogen) atoms. The van der Waals surface area contributed by atoms with E-state index in [4.69, 9.17) is 66.3 Å². The summed E-state index contributed by atoms with van der Waals surface area (Å²) in [6, 6.07) is 0. The predicted octanol–water partition coefficient (Wildman–Crippen LogP) is 18.2. The molecule has 8 saturated heterocycles. The van der Waals surface area contributed by atoms with Gasteiger partial charge in [-0.15, -0.1) is 0 Å². The van der Waals surface area contributed by atoms with E-state index in [0.717, 1.165) is 146 Å². The Bertz CT molecular complexity index is 3440. The highest BCUT2D eigenvalue weighted by Crippen LogP contribution is 2.65. The van der Waals surface area contributed by atoms with E-state index in [1.54, 1.807) is 0 Å². The van der Waals surface area contributed by atoms with Gasteiger partial charge in [0, 0.05) is 12.8 Å². The summed E-state index contributed by atoms with van der Waals surface area (Å²) in [5, 5.41) is 0. The van der Waals surface area contributed by atoms with Crippen LogP contribution in [0.4, 0.5) is 0 Å². The predicted molar refractivity (Wildman–Crippen MR) is 441 cm³/mol. The van der Waals surface area contributed by atoms with Crippen molar-refractivity contribution in [1.29, 1.82) is 0 Å². The van der Waals surface area contributed by atoms with Crippen molar-refractivity contribution in [1.82, 2.24) is 0 Å². The van der Waals surface area contributed by atoms with Crippen LogP contribution in [0.5, 0.6) is 0 Å². The Morgan fingerprint density at radius 3 is 1.08 bits per heavy atom. The van der Waals surface area contributed by atoms with Crippen molar-refractivity contribution < 1.29 is 105 Å². The molecule has 0 spiro atoms. The molecule has 0 aromatic heterocycles. The number of hydrogen-bond acceptors (Lipinski definition) is 22. The minimum atomic E-state index is -0.510.